The number of hydrogen-bond donors (Lipinski definition) is 0. The van der Waals surface area contributed by atoms with Gasteiger partial charge in [-0.05, 0) is 54.7 Å². The zero-order valence-electron chi connectivity index (χ0n) is 18.7. The third kappa shape index (κ3) is 4.85. The molecule has 0 bridgehead atoms. The van der Waals surface area contributed by atoms with Crippen molar-refractivity contribution in [2.24, 2.45) is 11.8 Å². The quantitative estimate of drug-likeness (QED) is 0.677. The van der Waals surface area contributed by atoms with Gasteiger partial charge in [0.25, 0.3) is 5.91 Å². The molecule has 1 amide bonds. The van der Waals surface area contributed by atoms with E-state index in [-0.39, 0.29) is 10.8 Å². The highest BCUT2D eigenvalue weighted by Crippen LogP contribution is 2.32. The first-order valence-electron chi connectivity index (χ1n) is 10.3. The summed E-state index contributed by atoms with van der Waals surface area (Å²) in [5.74, 6) is 1.49. The minimum absolute atomic E-state index is 0.208. The van der Waals surface area contributed by atoms with Crippen LogP contribution in [0.15, 0.2) is 47.4 Å². The SMILES string of the molecule is COc1ccc(N(C)C(=O)c2ccc(S(=O)(=O)N3CC(C)CC(C)C3)cc2)cc1OC. The first-order chi connectivity index (χ1) is 14.7. The fraction of sp³-hybridized carbons (Fsp3) is 0.435. The van der Waals surface area contributed by atoms with Crippen molar-refractivity contribution in [3.8, 4) is 11.5 Å². The molecule has 1 fully saturated rings. The number of carbonyl (C=O) groups is 1. The second kappa shape index (κ2) is 9.28. The smallest absolute Gasteiger partial charge is 0.258 e. The highest BCUT2D eigenvalue weighted by atomic mass is 32.2. The van der Waals surface area contributed by atoms with Crippen LogP contribution in [0.4, 0.5) is 5.69 Å². The minimum Gasteiger partial charge on any atom is -0.493 e. The van der Waals surface area contributed by atoms with E-state index in [0.717, 1.165) is 6.42 Å². The molecule has 168 valence electrons. The molecule has 0 aliphatic carbocycles. The van der Waals surface area contributed by atoms with Gasteiger partial charge in [0.2, 0.25) is 10.0 Å². The van der Waals surface area contributed by atoms with Crippen LogP contribution < -0.4 is 14.4 Å². The topological polar surface area (TPSA) is 76.2 Å². The predicted octanol–water partition coefficient (Wildman–Crippen LogP) is 3.65. The number of hydrogen-bond acceptors (Lipinski definition) is 5. The van der Waals surface area contributed by atoms with E-state index in [0.29, 0.717) is 47.7 Å². The van der Waals surface area contributed by atoms with Gasteiger partial charge < -0.3 is 14.4 Å². The summed E-state index contributed by atoms with van der Waals surface area (Å²) in [6, 6.07) is 11.3. The van der Waals surface area contributed by atoms with Gasteiger partial charge in [-0.1, -0.05) is 13.8 Å². The van der Waals surface area contributed by atoms with Crippen LogP contribution in [0.5, 0.6) is 11.5 Å². The second-order valence-electron chi connectivity index (χ2n) is 8.20. The van der Waals surface area contributed by atoms with Gasteiger partial charge in [0.15, 0.2) is 11.5 Å². The molecule has 31 heavy (non-hydrogen) atoms. The summed E-state index contributed by atoms with van der Waals surface area (Å²) in [6.45, 7) is 5.19. The van der Waals surface area contributed by atoms with Crippen molar-refractivity contribution in [1.82, 2.24) is 4.31 Å². The van der Waals surface area contributed by atoms with Gasteiger partial charge in [0.05, 0.1) is 19.1 Å². The Hall–Kier alpha value is -2.58. The summed E-state index contributed by atoms with van der Waals surface area (Å²) in [7, 11) is 1.16. The molecule has 3 rings (SSSR count). The van der Waals surface area contributed by atoms with Gasteiger partial charge in [0, 0.05) is 37.5 Å². The molecule has 1 heterocycles. The fourth-order valence-electron chi connectivity index (χ4n) is 4.06. The minimum atomic E-state index is -3.58. The molecule has 8 heteroatoms. The molecule has 0 saturated carbocycles. The Morgan fingerprint density at radius 1 is 0.968 bits per heavy atom. The van der Waals surface area contributed by atoms with Gasteiger partial charge in [-0.15, -0.1) is 0 Å². The van der Waals surface area contributed by atoms with E-state index in [9.17, 15) is 13.2 Å². The maximum absolute atomic E-state index is 13.1. The van der Waals surface area contributed by atoms with Gasteiger partial charge in [-0.25, -0.2) is 8.42 Å². The van der Waals surface area contributed by atoms with Crippen molar-refractivity contribution >= 4 is 21.6 Å². The Morgan fingerprint density at radius 2 is 1.55 bits per heavy atom. The predicted molar refractivity (Wildman–Crippen MR) is 120 cm³/mol. The average Bonchev–Trinajstić information content (AvgIpc) is 2.77. The number of sulfonamides is 1. The first-order valence-corrected chi connectivity index (χ1v) is 11.7. The summed E-state index contributed by atoms with van der Waals surface area (Å²) in [6.07, 6.45) is 1.03. The number of amides is 1. The number of anilines is 1. The molecule has 1 aliphatic rings. The Balaban J connectivity index is 1.80. The van der Waals surface area contributed by atoms with E-state index in [4.69, 9.17) is 9.47 Å². The maximum Gasteiger partial charge on any atom is 0.258 e. The fourth-order valence-corrected chi connectivity index (χ4v) is 5.74. The molecule has 0 N–H and O–H groups in total. The van der Waals surface area contributed by atoms with Crippen LogP contribution >= 0.6 is 0 Å². The molecule has 0 spiro atoms. The molecule has 2 atom stereocenters. The zero-order chi connectivity index (χ0) is 22.8. The number of piperidine rings is 1. The molecule has 7 nitrogen and oxygen atoms in total. The summed E-state index contributed by atoms with van der Waals surface area (Å²) in [5.41, 5.74) is 1.03. The standard InChI is InChI=1S/C23H30N2O5S/c1-16-12-17(2)15-25(14-16)31(27,28)20-9-6-18(7-10-20)23(26)24(3)19-8-11-21(29-4)22(13-19)30-5/h6-11,13,16-17H,12,14-15H2,1-5H3. The molecule has 1 saturated heterocycles. The van der Waals surface area contributed by atoms with Crippen LogP contribution in [0.3, 0.4) is 0 Å². The monoisotopic (exact) mass is 446 g/mol. The summed E-state index contributed by atoms with van der Waals surface area (Å²) in [4.78, 5) is 14.6. The number of carbonyl (C=O) groups excluding carboxylic acids is 1. The van der Waals surface area contributed by atoms with E-state index in [2.05, 4.69) is 13.8 Å². The van der Waals surface area contributed by atoms with Crippen molar-refractivity contribution in [1.29, 1.82) is 0 Å². The largest absolute Gasteiger partial charge is 0.493 e. The summed E-state index contributed by atoms with van der Waals surface area (Å²) >= 11 is 0. The van der Waals surface area contributed by atoms with Crippen molar-refractivity contribution < 1.29 is 22.7 Å². The van der Waals surface area contributed by atoms with Gasteiger partial charge in [0.1, 0.15) is 0 Å². The van der Waals surface area contributed by atoms with E-state index in [1.54, 1.807) is 48.8 Å². The van der Waals surface area contributed by atoms with Gasteiger partial charge in [-0.2, -0.15) is 4.31 Å². The lowest BCUT2D eigenvalue weighted by molar-refractivity contribution is 0.0993. The van der Waals surface area contributed by atoms with Gasteiger partial charge in [-0.3, -0.25) is 4.79 Å². The lowest BCUT2D eigenvalue weighted by atomic mass is 9.94. The Morgan fingerprint density at radius 3 is 2.10 bits per heavy atom. The Kier molecular flexibility index (Phi) is 6.91. The molecule has 2 aromatic rings. The average molecular weight is 447 g/mol. The molecule has 2 unspecified atom stereocenters. The molecular formula is C23H30N2O5S. The normalized spacial score (nSPS) is 19.6. The van der Waals surface area contributed by atoms with E-state index < -0.39 is 10.0 Å². The molecule has 0 aromatic heterocycles. The number of ether oxygens (including phenoxy) is 2. The van der Waals surface area contributed by atoms with Crippen molar-refractivity contribution in [3.63, 3.8) is 0 Å². The van der Waals surface area contributed by atoms with Crippen LogP contribution in [-0.4, -0.2) is 53.0 Å². The van der Waals surface area contributed by atoms with E-state index in [1.807, 2.05) is 0 Å². The molecule has 0 radical (unpaired) electrons. The van der Waals surface area contributed by atoms with Gasteiger partial charge >= 0.3 is 0 Å². The highest BCUT2D eigenvalue weighted by molar-refractivity contribution is 7.89. The van der Waals surface area contributed by atoms with Crippen LogP contribution in [0, 0.1) is 11.8 Å². The van der Waals surface area contributed by atoms with Crippen LogP contribution in [0.25, 0.3) is 0 Å². The number of rotatable bonds is 6. The summed E-state index contributed by atoms with van der Waals surface area (Å²) in [5, 5.41) is 0. The second-order valence-corrected chi connectivity index (χ2v) is 10.1. The van der Waals surface area contributed by atoms with E-state index >= 15 is 0 Å². The lowest BCUT2D eigenvalue weighted by Gasteiger charge is -2.34. The first kappa shape index (κ1) is 23.1. The molecule has 1 aliphatic heterocycles. The lowest BCUT2D eigenvalue weighted by Crippen LogP contribution is -2.42. The maximum atomic E-state index is 13.1. The van der Waals surface area contributed by atoms with Crippen LogP contribution in [0.1, 0.15) is 30.6 Å². The number of benzene rings is 2. The Bertz CT molecular complexity index is 1030. The molecule has 2 aromatic carbocycles. The highest BCUT2D eigenvalue weighted by Gasteiger charge is 2.31. The zero-order valence-corrected chi connectivity index (χ0v) is 19.5. The third-order valence-electron chi connectivity index (χ3n) is 5.63. The van der Waals surface area contributed by atoms with Crippen LogP contribution in [-0.2, 0) is 10.0 Å². The van der Waals surface area contributed by atoms with Crippen molar-refractivity contribution in [2.45, 2.75) is 25.2 Å². The van der Waals surface area contributed by atoms with Crippen molar-refractivity contribution in [2.75, 3.05) is 39.3 Å². The Labute approximate surface area is 184 Å². The number of methoxy groups -OCH3 is 2. The van der Waals surface area contributed by atoms with E-state index in [1.165, 1.54) is 24.1 Å². The molecular weight excluding hydrogens is 416 g/mol. The van der Waals surface area contributed by atoms with Crippen LogP contribution in [0.2, 0.25) is 0 Å². The third-order valence-corrected chi connectivity index (χ3v) is 7.48. The number of nitrogens with zero attached hydrogens (tertiary/aromatic N) is 2. The summed E-state index contributed by atoms with van der Waals surface area (Å²) < 4.78 is 38.2. The van der Waals surface area contributed by atoms with Crippen molar-refractivity contribution in [3.05, 3.63) is 48.0 Å².